The van der Waals surface area contributed by atoms with Crippen molar-refractivity contribution in [3.05, 3.63) is 87.4 Å². The summed E-state index contributed by atoms with van der Waals surface area (Å²) in [5.41, 5.74) is 3.65. The quantitative estimate of drug-likeness (QED) is 0.251. The molecular formula is C28H26BrN3O4. The van der Waals surface area contributed by atoms with Crippen LogP contribution < -0.4 is 20.1 Å². The Balaban J connectivity index is 1.73. The maximum atomic E-state index is 12.7. The third kappa shape index (κ3) is 7.20. The van der Waals surface area contributed by atoms with Crippen molar-refractivity contribution < 1.29 is 19.1 Å². The molecule has 7 nitrogen and oxygen atoms in total. The highest BCUT2D eigenvalue weighted by Crippen LogP contribution is 2.26. The van der Waals surface area contributed by atoms with Crippen LogP contribution in [0.15, 0.2) is 70.7 Å². The van der Waals surface area contributed by atoms with Crippen LogP contribution in [-0.2, 0) is 9.59 Å². The summed E-state index contributed by atoms with van der Waals surface area (Å²) in [5.74, 6) is 0.149. The van der Waals surface area contributed by atoms with E-state index in [-0.39, 0.29) is 18.1 Å². The fourth-order valence-corrected chi connectivity index (χ4v) is 3.66. The molecule has 0 saturated carbocycles. The SMILES string of the molecule is CCOc1ccc(NC(=O)/C(C#N)=C/c2cc(Br)ccc2OCC(=O)Nc2cccc(C)c2C)cc1. The molecule has 2 amide bonds. The molecule has 3 aromatic carbocycles. The van der Waals surface area contributed by atoms with Gasteiger partial charge < -0.3 is 20.1 Å². The third-order valence-electron chi connectivity index (χ3n) is 5.30. The smallest absolute Gasteiger partial charge is 0.266 e. The second-order valence-electron chi connectivity index (χ2n) is 7.85. The summed E-state index contributed by atoms with van der Waals surface area (Å²) >= 11 is 3.40. The molecule has 0 unspecified atom stereocenters. The van der Waals surface area contributed by atoms with Crippen LogP contribution in [0.25, 0.3) is 6.08 Å². The lowest BCUT2D eigenvalue weighted by Gasteiger charge is -2.13. The van der Waals surface area contributed by atoms with Gasteiger partial charge in [-0.05, 0) is 86.5 Å². The van der Waals surface area contributed by atoms with Crippen molar-refractivity contribution in [2.75, 3.05) is 23.8 Å². The van der Waals surface area contributed by atoms with E-state index >= 15 is 0 Å². The van der Waals surface area contributed by atoms with Gasteiger partial charge in [-0.15, -0.1) is 0 Å². The molecule has 0 heterocycles. The van der Waals surface area contributed by atoms with Gasteiger partial charge in [-0.3, -0.25) is 9.59 Å². The standard InChI is InChI=1S/C28H26BrN3O4/c1-4-35-24-11-9-23(10-12-24)31-28(34)21(16-30)14-20-15-22(29)8-13-26(20)36-17-27(33)32-25-7-5-6-18(2)19(25)3/h5-15H,4,17H2,1-3H3,(H,31,34)(H,32,33)/b21-14+. The number of rotatable bonds is 9. The fraction of sp³-hybridized carbons (Fsp3) is 0.179. The predicted octanol–water partition coefficient (Wildman–Crippen LogP) is 6.03. The van der Waals surface area contributed by atoms with Gasteiger partial charge in [-0.1, -0.05) is 28.1 Å². The van der Waals surface area contributed by atoms with Crippen molar-refractivity contribution >= 4 is 45.2 Å². The Kier molecular flexibility index (Phi) is 9.25. The average molecular weight is 548 g/mol. The number of halogens is 1. The van der Waals surface area contributed by atoms with Crippen molar-refractivity contribution in [1.82, 2.24) is 0 Å². The first-order valence-corrected chi connectivity index (χ1v) is 12.0. The third-order valence-corrected chi connectivity index (χ3v) is 5.79. The number of nitriles is 1. The first-order valence-electron chi connectivity index (χ1n) is 11.2. The molecule has 3 aromatic rings. The minimum Gasteiger partial charge on any atom is -0.494 e. The maximum Gasteiger partial charge on any atom is 0.266 e. The van der Waals surface area contributed by atoms with Crippen LogP contribution in [0.5, 0.6) is 11.5 Å². The van der Waals surface area contributed by atoms with Gasteiger partial charge in [0, 0.05) is 21.4 Å². The normalized spacial score (nSPS) is 10.8. The van der Waals surface area contributed by atoms with Crippen molar-refractivity contribution in [3.8, 4) is 17.6 Å². The Morgan fingerprint density at radius 2 is 1.78 bits per heavy atom. The molecule has 3 rings (SSSR count). The number of nitrogens with one attached hydrogen (secondary N) is 2. The topological polar surface area (TPSA) is 100 Å². The summed E-state index contributed by atoms with van der Waals surface area (Å²) in [4.78, 5) is 25.2. The first-order chi connectivity index (χ1) is 17.3. The van der Waals surface area contributed by atoms with Crippen LogP contribution >= 0.6 is 15.9 Å². The minimum atomic E-state index is -0.569. The van der Waals surface area contributed by atoms with Gasteiger partial charge in [-0.2, -0.15) is 5.26 Å². The zero-order valence-corrected chi connectivity index (χ0v) is 21.8. The van der Waals surface area contributed by atoms with Crippen LogP contribution in [0.3, 0.4) is 0 Å². The summed E-state index contributed by atoms with van der Waals surface area (Å²) in [7, 11) is 0. The number of ether oxygens (including phenoxy) is 2. The molecule has 0 saturated heterocycles. The van der Waals surface area contributed by atoms with E-state index in [1.807, 2.05) is 45.0 Å². The highest BCUT2D eigenvalue weighted by molar-refractivity contribution is 9.10. The summed E-state index contributed by atoms with van der Waals surface area (Å²) in [6.45, 7) is 6.09. The lowest BCUT2D eigenvalue weighted by molar-refractivity contribution is -0.118. The van der Waals surface area contributed by atoms with Crippen molar-refractivity contribution in [2.24, 2.45) is 0 Å². The van der Waals surface area contributed by atoms with E-state index < -0.39 is 5.91 Å². The molecule has 0 radical (unpaired) electrons. The second-order valence-corrected chi connectivity index (χ2v) is 8.76. The van der Waals surface area contributed by atoms with E-state index in [9.17, 15) is 14.9 Å². The van der Waals surface area contributed by atoms with E-state index in [1.165, 1.54) is 6.08 Å². The minimum absolute atomic E-state index is 0.119. The lowest BCUT2D eigenvalue weighted by Crippen LogP contribution is -2.21. The Labute approximate surface area is 218 Å². The van der Waals surface area contributed by atoms with Crippen molar-refractivity contribution in [3.63, 3.8) is 0 Å². The Morgan fingerprint density at radius 3 is 2.47 bits per heavy atom. The van der Waals surface area contributed by atoms with Crippen LogP contribution in [0, 0.1) is 25.2 Å². The zero-order valence-electron chi connectivity index (χ0n) is 20.2. The molecule has 184 valence electrons. The number of hydrogen-bond acceptors (Lipinski definition) is 5. The van der Waals surface area contributed by atoms with E-state index in [0.717, 1.165) is 21.3 Å². The summed E-state index contributed by atoms with van der Waals surface area (Å²) in [6.07, 6.45) is 1.42. The van der Waals surface area contributed by atoms with Gasteiger partial charge >= 0.3 is 0 Å². The molecule has 2 N–H and O–H groups in total. The first kappa shape index (κ1) is 26.5. The molecule has 0 aromatic heterocycles. The number of anilines is 2. The number of benzene rings is 3. The Bertz CT molecular complexity index is 1330. The Hall–Kier alpha value is -4.09. The fourth-order valence-electron chi connectivity index (χ4n) is 3.28. The molecule has 0 bridgehead atoms. The molecule has 0 aliphatic heterocycles. The van der Waals surface area contributed by atoms with Crippen LogP contribution in [0.1, 0.15) is 23.6 Å². The molecule has 0 aliphatic rings. The molecule has 0 fully saturated rings. The van der Waals surface area contributed by atoms with Crippen LogP contribution in [-0.4, -0.2) is 25.0 Å². The van der Waals surface area contributed by atoms with Gasteiger partial charge in [0.15, 0.2) is 6.61 Å². The van der Waals surface area contributed by atoms with E-state index in [0.29, 0.717) is 29.4 Å². The number of hydrogen-bond donors (Lipinski definition) is 2. The number of amides is 2. The van der Waals surface area contributed by atoms with Gasteiger partial charge in [0.05, 0.1) is 6.61 Å². The van der Waals surface area contributed by atoms with Crippen molar-refractivity contribution in [1.29, 1.82) is 5.26 Å². The monoisotopic (exact) mass is 547 g/mol. The number of carbonyl (C=O) groups is 2. The molecule has 8 heteroatoms. The number of aryl methyl sites for hydroxylation is 1. The predicted molar refractivity (Wildman–Crippen MR) is 144 cm³/mol. The van der Waals surface area contributed by atoms with E-state index in [2.05, 4.69) is 26.6 Å². The van der Waals surface area contributed by atoms with Gasteiger partial charge in [0.2, 0.25) is 0 Å². The number of nitrogens with zero attached hydrogens (tertiary/aromatic N) is 1. The molecule has 36 heavy (non-hydrogen) atoms. The second kappa shape index (κ2) is 12.6. The van der Waals surface area contributed by atoms with E-state index in [4.69, 9.17) is 9.47 Å². The maximum absolute atomic E-state index is 12.7. The molecule has 0 aliphatic carbocycles. The van der Waals surface area contributed by atoms with E-state index in [1.54, 1.807) is 42.5 Å². The lowest BCUT2D eigenvalue weighted by atomic mass is 10.1. The molecule has 0 spiro atoms. The summed E-state index contributed by atoms with van der Waals surface area (Å²) < 4.78 is 11.9. The largest absolute Gasteiger partial charge is 0.494 e. The van der Waals surface area contributed by atoms with Gasteiger partial charge in [-0.25, -0.2) is 0 Å². The average Bonchev–Trinajstić information content (AvgIpc) is 2.86. The van der Waals surface area contributed by atoms with Crippen LogP contribution in [0.4, 0.5) is 11.4 Å². The van der Waals surface area contributed by atoms with Gasteiger partial charge in [0.25, 0.3) is 11.8 Å². The zero-order chi connectivity index (χ0) is 26.1. The molecular weight excluding hydrogens is 522 g/mol. The van der Waals surface area contributed by atoms with Crippen molar-refractivity contribution in [2.45, 2.75) is 20.8 Å². The highest BCUT2D eigenvalue weighted by atomic mass is 79.9. The van der Waals surface area contributed by atoms with Gasteiger partial charge in [0.1, 0.15) is 23.1 Å². The summed E-state index contributed by atoms with van der Waals surface area (Å²) in [6, 6.07) is 19.6. The summed E-state index contributed by atoms with van der Waals surface area (Å²) in [5, 5.41) is 15.2. The van der Waals surface area contributed by atoms with Crippen LogP contribution in [0.2, 0.25) is 0 Å². The highest BCUT2D eigenvalue weighted by Gasteiger charge is 2.14. The Morgan fingerprint density at radius 1 is 1.03 bits per heavy atom. The molecule has 0 atom stereocenters. The number of carbonyl (C=O) groups excluding carboxylic acids is 2.